The Bertz CT molecular complexity index is 889. The number of hydrogen-bond donors (Lipinski definition) is 3. The second-order valence-electron chi connectivity index (χ2n) is 8.09. The average Bonchev–Trinajstić information content (AvgIpc) is 3.41. The molecule has 2 fully saturated rings. The average molecular weight is 404 g/mol. The molecule has 2 heterocycles. The third kappa shape index (κ3) is 4.31. The van der Waals surface area contributed by atoms with Gasteiger partial charge in [0.1, 0.15) is 26.2 Å². The fourth-order valence-corrected chi connectivity index (χ4v) is 4.12. The SMILES string of the molecule is Cc1cccc(C)c1-n1nnn(C[NH+]2CC[NH+](CC(=O)NC3CC3)CC2)c1=S. The van der Waals surface area contributed by atoms with Gasteiger partial charge in [-0.3, -0.25) is 4.79 Å². The van der Waals surface area contributed by atoms with Crippen molar-refractivity contribution in [1.82, 2.24) is 25.1 Å². The molecule has 1 amide bonds. The Morgan fingerprint density at radius 3 is 2.43 bits per heavy atom. The van der Waals surface area contributed by atoms with E-state index in [1.54, 1.807) is 4.68 Å². The molecule has 8 nitrogen and oxygen atoms in total. The summed E-state index contributed by atoms with van der Waals surface area (Å²) in [5.74, 6) is 0.194. The van der Waals surface area contributed by atoms with E-state index in [0.29, 0.717) is 24.0 Å². The summed E-state index contributed by atoms with van der Waals surface area (Å²) in [5, 5.41) is 11.7. The normalized spacial score (nSPS) is 22.2. The van der Waals surface area contributed by atoms with Crippen molar-refractivity contribution < 1.29 is 14.6 Å². The third-order valence-electron chi connectivity index (χ3n) is 5.68. The molecule has 1 aromatic carbocycles. The number of quaternary nitrogens is 2. The number of carbonyl (C=O) groups excluding carboxylic acids is 1. The highest BCUT2D eigenvalue weighted by Crippen LogP contribution is 2.18. The van der Waals surface area contributed by atoms with Crippen LogP contribution >= 0.6 is 12.2 Å². The van der Waals surface area contributed by atoms with Crippen molar-refractivity contribution in [3.8, 4) is 5.69 Å². The minimum Gasteiger partial charge on any atom is -0.348 e. The quantitative estimate of drug-likeness (QED) is 0.510. The minimum atomic E-state index is 0.194. The number of aromatic nitrogens is 4. The molecule has 0 unspecified atom stereocenters. The summed E-state index contributed by atoms with van der Waals surface area (Å²) in [6, 6.07) is 6.62. The summed E-state index contributed by atoms with van der Waals surface area (Å²) in [6.07, 6.45) is 2.28. The van der Waals surface area contributed by atoms with E-state index in [1.807, 2.05) is 10.7 Å². The zero-order valence-corrected chi connectivity index (χ0v) is 17.4. The zero-order valence-electron chi connectivity index (χ0n) is 16.6. The Morgan fingerprint density at radius 1 is 1.14 bits per heavy atom. The third-order valence-corrected chi connectivity index (χ3v) is 6.06. The van der Waals surface area contributed by atoms with Crippen LogP contribution in [0.1, 0.15) is 24.0 Å². The number of hydrogen-bond acceptors (Lipinski definition) is 4. The first kappa shape index (κ1) is 19.2. The van der Waals surface area contributed by atoms with Gasteiger partial charge >= 0.3 is 0 Å². The molecule has 9 heteroatoms. The Balaban J connectivity index is 1.35. The summed E-state index contributed by atoms with van der Waals surface area (Å²) in [4.78, 5) is 14.8. The van der Waals surface area contributed by atoms with Crippen LogP contribution in [0.4, 0.5) is 0 Å². The fourth-order valence-electron chi connectivity index (χ4n) is 3.89. The summed E-state index contributed by atoms with van der Waals surface area (Å²) in [6.45, 7) is 9.43. The Labute approximate surface area is 170 Å². The topological polar surface area (TPSA) is 73.6 Å². The first-order valence-corrected chi connectivity index (χ1v) is 10.5. The minimum absolute atomic E-state index is 0.194. The summed E-state index contributed by atoms with van der Waals surface area (Å²) in [7, 11) is 0. The van der Waals surface area contributed by atoms with Crippen LogP contribution in [0.2, 0.25) is 0 Å². The molecule has 4 rings (SSSR count). The van der Waals surface area contributed by atoms with E-state index in [-0.39, 0.29) is 5.91 Å². The maximum atomic E-state index is 12.0. The Kier molecular flexibility index (Phi) is 5.56. The molecule has 150 valence electrons. The number of para-hydroxylation sites is 1. The van der Waals surface area contributed by atoms with Crippen LogP contribution in [-0.4, -0.2) is 64.5 Å². The van der Waals surface area contributed by atoms with Gasteiger partial charge in [0.05, 0.1) is 5.69 Å². The fraction of sp³-hybridized carbons (Fsp3) is 0.579. The second-order valence-corrected chi connectivity index (χ2v) is 8.46. The second kappa shape index (κ2) is 8.10. The maximum Gasteiger partial charge on any atom is 0.275 e. The van der Waals surface area contributed by atoms with Crippen LogP contribution in [0.25, 0.3) is 5.69 Å². The van der Waals surface area contributed by atoms with Crippen molar-refractivity contribution in [3.63, 3.8) is 0 Å². The number of tetrazole rings is 1. The van der Waals surface area contributed by atoms with Crippen LogP contribution in [0.5, 0.6) is 0 Å². The summed E-state index contributed by atoms with van der Waals surface area (Å²) >= 11 is 5.65. The molecule has 3 N–H and O–H groups in total. The molecule has 0 spiro atoms. The van der Waals surface area contributed by atoms with E-state index >= 15 is 0 Å². The van der Waals surface area contributed by atoms with E-state index in [9.17, 15) is 4.79 Å². The molecule has 28 heavy (non-hydrogen) atoms. The lowest BCUT2D eigenvalue weighted by molar-refractivity contribution is -1.02. The number of nitrogens with zero attached hydrogens (tertiary/aromatic N) is 4. The van der Waals surface area contributed by atoms with Gasteiger partial charge in [-0.05, 0) is 60.5 Å². The van der Waals surface area contributed by atoms with Crippen LogP contribution in [-0.2, 0) is 11.5 Å². The number of carbonyl (C=O) groups is 1. The molecule has 1 aliphatic heterocycles. The number of amides is 1. The monoisotopic (exact) mass is 403 g/mol. The lowest BCUT2D eigenvalue weighted by Gasteiger charge is -2.28. The smallest absolute Gasteiger partial charge is 0.275 e. The van der Waals surface area contributed by atoms with Crippen LogP contribution in [0, 0.1) is 18.6 Å². The van der Waals surface area contributed by atoms with Gasteiger partial charge in [0.2, 0.25) is 4.77 Å². The molecule has 1 saturated carbocycles. The van der Waals surface area contributed by atoms with Gasteiger partial charge in [0.15, 0.2) is 13.2 Å². The zero-order chi connectivity index (χ0) is 19.7. The summed E-state index contributed by atoms with van der Waals surface area (Å²) in [5.41, 5.74) is 3.29. The molecule has 1 aromatic heterocycles. The Hall–Kier alpha value is -2.10. The standard InChI is InChI=1S/C19H27N7OS/c1-14-4-3-5-15(2)18(14)26-19(28)25(21-22-26)13-24-10-8-23(9-11-24)12-17(27)20-16-6-7-16/h3-5,16H,6-13H2,1-2H3,(H,20,27)/p+2. The first-order chi connectivity index (χ1) is 13.5. The Morgan fingerprint density at radius 2 is 1.79 bits per heavy atom. The number of aryl methyl sites for hydroxylation is 2. The van der Waals surface area contributed by atoms with E-state index in [1.165, 1.54) is 9.80 Å². The van der Waals surface area contributed by atoms with Gasteiger partial charge < -0.3 is 15.1 Å². The highest BCUT2D eigenvalue weighted by atomic mass is 32.1. The number of benzene rings is 1. The van der Waals surface area contributed by atoms with Crippen molar-refractivity contribution in [2.45, 2.75) is 39.4 Å². The predicted octanol–water partition coefficient (Wildman–Crippen LogP) is -1.57. The van der Waals surface area contributed by atoms with E-state index < -0.39 is 0 Å². The van der Waals surface area contributed by atoms with Crippen molar-refractivity contribution in [2.24, 2.45) is 0 Å². The highest BCUT2D eigenvalue weighted by molar-refractivity contribution is 7.71. The van der Waals surface area contributed by atoms with Crippen LogP contribution in [0.15, 0.2) is 18.2 Å². The van der Waals surface area contributed by atoms with Crippen LogP contribution in [0.3, 0.4) is 0 Å². The largest absolute Gasteiger partial charge is 0.348 e. The molecule has 0 bridgehead atoms. The van der Waals surface area contributed by atoms with Gasteiger partial charge in [-0.15, -0.1) is 0 Å². The molecular formula is C19H29N7OS+2. The van der Waals surface area contributed by atoms with Gasteiger partial charge in [-0.1, -0.05) is 18.2 Å². The van der Waals surface area contributed by atoms with Crippen molar-refractivity contribution in [3.05, 3.63) is 34.1 Å². The van der Waals surface area contributed by atoms with Crippen molar-refractivity contribution >= 4 is 18.1 Å². The highest BCUT2D eigenvalue weighted by Gasteiger charge is 2.28. The molecular weight excluding hydrogens is 374 g/mol. The number of nitrogens with one attached hydrogen (secondary N) is 3. The van der Waals surface area contributed by atoms with Crippen LogP contribution < -0.4 is 15.1 Å². The molecule has 1 saturated heterocycles. The van der Waals surface area contributed by atoms with Gasteiger partial charge in [0, 0.05) is 6.04 Å². The molecule has 1 aliphatic carbocycles. The molecule has 2 aromatic rings. The van der Waals surface area contributed by atoms with E-state index in [4.69, 9.17) is 12.2 Å². The lowest BCUT2D eigenvalue weighted by atomic mass is 10.1. The number of piperazine rings is 1. The van der Waals surface area contributed by atoms with Gasteiger partial charge in [-0.2, -0.15) is 9.36 Å². The lowest BCUT2D eigenvalue weighted by Crippen LogP contribution is -3.28. The van der Waals surface area contributed by atoms with Gasteiger partial charge in [-0.25, -0.2) is 0 Å². The molecule has 0 atom stereocenters. The van der Waals surface area contributed by atoms with E-state index in [2.05, 4.69) is 41.7 Å². The van der Waals surface area contributed by atoms with Crippen molar-refractivity contribution in [1.29, 1.82) is 0 Å². The molecule has 2 aliphatic rings. The molecule has 0 radical (unpaired) electrons. The van der Waals surface area contributed by atoms with Gasteiger partial charge in [0.25, 0.3) is 5.91 Å². The summed E-state index contributed by atoms with van der Waals surface area (Å²) < 4.78 is 4.22. The maximum absolute atomic E-state index is 12.0. The first-order valence-electron chi connectivity index (χ1n) is 10.1. The van der Waals surface area contributed by atoms with E-state index in [0.717, 1.165) is 55.8 Å². The number of rotatable bonds is 6. The predicted molar refractivity (Wildman–Crippen MR) is 107 cm³/mol. The van der Waals surface area contributed by atoms with Crippen molar-refractivity contribution in [2.75, 3.05) is 32.7 Å².